The molecule has 0 N–H and O–H groups in total. The summed E-state index contributed by atoms with van der Waals surface area (Å²) in [5.41, 5.74) is 0.141. The summed E-state index contributed by atoms with van der Waals surface area (Å²) in [6.45, 7) is 4.20. The maximum absolute atomic E-state index is 11.9. The van der Waals surface area contributed by atoms with Crippen LogP contribution in [0, 0.1) is 0 Å². The number of para-hydroxylation sites is 1. The van der Waals surface area contributed by atoms with Crippen LogP contribution in [-0.4, -0.2) is 5.66 Å². The van der Waals surface area contributed by atoms with Crippen LogP contribution in [0.5, 0.6) is 5.75 Å². The highest BCUT2D eigenvalue weighted by Gasteiger charge is 2.28. The van der Waals surface area contributed by atoms with Gasteiger partial charge in [0.1, 0.15) is 0 Å². The molecule has 0 bridgehead atoms. The minimum atomic E-state index is -1.59. The summed E-state index contributed by atoms with van der Waals surface area (Å²) >= 11 is 0. The Morgan fingerprint density at radius 3 is 2.53 bits per heavy atom. The molecule has 0 amide bonds. The van der Waals surface area contributed by atoms with Crippen LogP contribution in [0.4, 0.5) is 0 Å². The molecule has 3 heteroatoms. The minimum Gasteiger partial charge on any atom is -0.254 e. The van der Waals surface area contributed by atoms with Crippen LogP contribution in [0.15, 0.2) is 30.3 Å². The van der Waals surface area contributed by atoms with Crippen molar-refractivity contribution in [1.29, 1.82) is 0 Å². The highest BCUT2D eigenvalue weighted by atomic mass is 31.1. The molecule has 0 aliphatic carbocycles. The number of unbranched alkanes of at least 4 members (excludes halogenated alkanes) is 3. The molecular weight excluding hydrogens is 231 g/mol. The Kier molecular flexibility index (Phi) is 6.88. The molecule has 0 spiro atoms. The van der Waals surface area contributed by atoms with E-state index >= 15 is 0 Å². The molecule has 94 valence electrons. The average Bonchev–Trinajstić information content (AvgIpc) is 2.35. The van der Waals surface area contributed by atoms with Crippen LogP contribution < -0.4 is 4.52 Å². The third kappa shape index (κ3) is 5.83. The quantitative estimate of drug-likeness (QED) is 0.472. The van der Waals surface area contributed by atoms with E-state index < -0.39 is 8.03 Å². The van der Waals surface area contributed by atoms with Gasteiger partial charge in [-0.15, -0.1) is 0 Å². The Labute approximate surface area is 105 Å². The molecule has 0 aliphatic heterocycles. The van der Waals surface area contributed by atoms with E-state index in [0.717, 1.165) is 12.8 Å². The summed E-state index contributed by atoms with van der Waals surface area (Å²) in [5.74, 6) is 0.703. The van der Waals surface area contributed by atoms with E-state index in [2.05, 4.69) is 6.92 Å². The van der Waals surface area contributed by atoms with Gasteiger partial charge in [-0.25, -0.2) is 0 Å². The fraction of sp³-hybridized carbons (Fsp3) is 0.571. The van der Waals surface area contributed by atoms with Crippen molar-refractivity contribution in [2.45, 2.75) is 51.6 Å². The van der Waals surface area contributed by atoms with Gasteiger partial charge in [-0.1, -0.05) is 44.4 Å². The van der Waals surface area contributed by atoms with E-state index in [9.17, 15) is 4.57 Å². The lowest BCUT2D eigenvalue weighted by atomic mass is 10.1. The van der Waals surface area contributed by atoms with E-state index in [4.69, 9.17) is 4.52 Å². The van der Waals surface area contributed by atoms with Crippen LogP contribution in [0.1, 0.15) is 46.0 Å². The zero-order valence-electron chi connectivity index (χ0n) is 10.8. The van der Waals surface area contributed by atoms with Gasteiger partial charge < -0.3 is 0 Å². The van der Waals surface area contributed by atoms with Gasteiger partial charge >= 0.3 is 8.03 Å². The molecule has 17 heavy (non-hydrogen) atoms. The van der Waals surface area contributed by atoms with Crippen LogP contribution >= 0.6 is 8.03 Å². The maximum atomic E-state index is 11.9. The second-order valence-electron chi connectivity index (χ2n) is 4.39. The van der Waals surface area contributed by atoms with Crippen molar-refractivity contribution in [2.75, 3.05) is 0 Å². The van der Waals surface area contributed by atoms with Gasteiger partial charge in [0.05, 0.1) is 0 Å². The number of hydrogen-bond donors (Lipinski definition) is 0. The summed E-state index contributed by atoms with van der Waals surface area (Å²) in [7, 11) is -1.59. The number of hydrogen-bond acceptors (Lipinski definition) is 2. The SMILES string of the molecule is CCCCCCC(C)[P+](=O)Oc1ccccc1. The van der Waals surface area contributed by atoms with Gasteiger partial charge in [0.25, 0.3) is 0 Å². The Hall–Kier alpha value is -0.880. The lowest BCUT2D eigenvalue weighted by Crippen LogP contribution is -1.99. The van der Waals surface area contributed by atoms with Crippen LogP contribution in [0.3, 0.4) is 0 Å². The molecule has 0 radical (unpaired) electrons. The molecular formula is C14H22O2P+. The molecule has 0 aliphatic rings. The second-order valence-corrected chi connectivity index (χ2v) is 6.02. The largest absolute Gasteiger partial charge is 0.558 e. The van der Waals surface area contributed by atoms with E-state index in [1.165, 1.54) is 19.3 Å². The van der Waals surface area contributed by atoms with E-state index in [1.807, 2.05) is 37.3 Å². The molecule has 0 aromatic heterocycles. The van der Waals surface area contributed by atoms with Gasteiger partial charge in [0, 0.05) is 0 Å². The molecule has 0 fully saturated rings. The average molecular weight is 253 g/mol. The van der Waals surface area contributed by atoms with Crippen molar-refractivity contribution < 1.29 is 9.09 Å². The lowest BCUT2D eigenvalue weighted by Gasteiger charge is -2.01. The first-order chi connectivity index (χ1) is 8.24. The van der Waals surface area contributed by atoms with Crippen LogP contribution in [-0.2, 0) is 4.57 Å². The lowest BCUT2D eigenvalue weighted by molar-refractivity contribution is 0.485. The highest BCUT2D eigenvalue weighted by molar-refractivity contribution is 7.40. The van der Waals surface area contributed by atoms with E-state index in [-0.39, 0.29) is 5.66 Å². The standard InChI is InChI=1S/C14H22O2P/c1-3-4-5-7-10-13(2)17(15)16-14-11-8-6-9-12-14/h6,8-9,11-13H,3-5,7,10H2,1-2H3/q+1. The third-order valence-electron chi connectivity index (χ3n) is 2.77. The Bertz CT molecular complexity index is 324. The van der Waals surface area contributed by atoms with Gasteiger partial charge in [0.15, 0.2) is 11.4 Å². The molecule has 1 rings (SSSR count). The Morgan fingerprint density at radius 2 is 1.88 bits per heavy atom. The summed E-state index contributed by atoms with van der Waals surface area (Å²) in [6.07, 6.45) is 5.87. The zero-order valence-corrected chi connectivity index (χ0v) is 11.7. The fourth-order valence-corrected chi connectivity index (χ4v) is 2.55. The van der Waals surface area contributed by atoms with Crippen LogP contribution in [0.2, 0.25) is 0 Å². The predicted molar refractivity (Wildman–Crippen MR) is 72.9 cm³/mol. The molecule has 1 aromatic carbocycles. The normalized spacial score (nSPS) is 13.2. The van der Waals surface area contributed by atoms with E-state index in [1.54, 1.807) is 0 Å². The maximum Gasteiger partial charge on any atom is 0.558 e. The Balaban J connectivity index is 2.27. The van der Waals surface area contributed by atoms with Crippen molar-refractivity contribution in [3.63, 3.8) is 0 Å². The minimum absolute atomic E-state index is 0.141. The molecule has 0 saturated heterocycles. The molecule has 0 saturated carbocycles. The highest BCUT2D eigenvalue weighted by Crippen LogP contribution is 2.34. The van der Waals surface area contributed by atoms with Crippen molar-refractivity contribution in [3.05, 3.63) is 30.3 Å². The first-order valence-corrected chi connectivity index (χ1v) is 7.68. The van der Waals surface area contributed by atoms with Crippen molar-refractivity contribution >= 4 is 8.03 Å². The predicted octanol–water partition coefficient (Wildman–Crippen LogP) is 5.17. The van der Waals surface area contributed by atoms with Gasteiger partial charge in [-0.3, -0.25) is 4.52 Å². The van der Waals surface area contributed by atoms with Crippen molar-refractivity contribution in [1.82, 2.24) is 0 Å². The van der Waals surface area contributed by atoms with Gasteiger partial charge in [-0.2, -0.15) is 0 Å². The van der Waals surface area contributed by atoms with Crippen molar-refractivity contribution in [3.8, 4) is 5.75 Å². The summed E-state index contributed by atoms with van der Waals surface area (Å²) in [4.78, 5) is 0. The second kappa shape index (κ2) is 8.25. The molecule has 2 atom stereocenters. The Morgan fingerprint density at radius 1 is 1.18 bits per heavy atom. The molecule has 1 aromatic rings. The number of rotatable bonds is 8. The first kappa shape index (κ1) is 14.2. The monoisotopic (exact) mass is 253 g/mol. The van der Waals surface area contributed by atoms with Crippen molar-refractivity contribution in [2.24, 2.45) is 0 Å². The summed E-state index contributed by atoms with van der Waals surface area (Å²) in [6, 6.07) is 9.40. The third-order valence-corrected chi connectivity index (χ3v) is 4.14. The molecule has 2 unspecified atom stereocenters. The smallest absolute Gasteiger partial charge is 0.254 e. The molecule has 2 nitrogen and oxygen atoms in total. The zero-order chi connectivity index (χ0) is 12.5. The summed E-state index contributed by atoms with van der Waals surface area (Å²) in [5, 5.41) is 0. The van der Waals surface area contributed by atoms with Gasteiger partial charge in [0.2, 0.25) is 0 Å². The number of benzene rings is 1. The first-order valence-electron chi connectivity index (χ1n) is 6.43. The molecule has 0 heterocycles. The van der Waals surface area contributed by atoms with Gasteiger partial charge in [-0.05, 0) is 36.5 Å². The van der Waals surface area contributed by atoms with E-state index in [0.29, 0.717) is 5.75 Å². The topological polar surface area (TPSA) is 26.3 Å². The fourth-order valence-electron chi connectivity index (χ4n) is 1.65. The van der Waals surface area contributed by atoms with Crippen LogP contribution in [0.25, 0.3) is 0 Å². The summed E-state index contributed by atoms with van der Waals surface area (Å²) < 4.78 is 17.3.